The van der Waals surface area contributed by atoms with E-state index >= 15 is 0 Å². The summed E-state index contributed by atoms with van der Waals surface area (Å²) in [5, 5.41) is 0.246. The summed E-state index contributed by atoms with van der Waals surface area (Å²) in [5.41, 5.74) is 1.92. The number of hydrogen-bond acceptors (Lipinski definition) is 5. The minimum atomic E-state index is -0.261. The van der Waals surface area contributed by atoms with Crippen LogP contribution in [0, 0.1) is 0 Å². The van der Waals surface area contributed by atoms with Crippen LogP contribution >= 0.6 is 11.6 Å². The number of rotatable bonds is 4. The zero-order chi connectivity index (χ0) is 12.5. The van der Waals surface area contributed by atoms with Crippen LogP contribution < -0.4 is 0 Å². The summed E-state index contributed by atoms with van der Waals surface area (Å²) in [7, 11) is 0. The van der Waals surface area contributed by atoms with E-state index in [0.717, 1.165) is 24.1 Å². The van der Waals surface area contributed by atoms with Crippen LogP contribution in [0.5, 0.6) is 0 Å². The molecule has 1 fully saturated rings. The van der Waals surface area contributed by atoms with E-state index in [1.165, 1.54) is 0 Å². The third kappa shape index (κ3) is 2.46. The fourth-order valence-electron chi connectivity index (χ4n) is 2.00. The summed E-state index contributed by atoms with van der Waals surface area (Å²) in [6, 6.07) is 0.501. The fraction of sp³-hybridized carbons (Fsp3) is 0.417. The molecule has 0 N–H and O–H groups in total. The highest BCUT2D eigenvalue weighted by molar-refractivity contribution is 6.28. The number of esters is 1. The largest absolute Gasteiger partial charge is 0.456 e. The van der Waals surface area contributed by atoms with Gasteiger partial charge in [0.2, 0.25) is 5.28 Å². The molecule has 2 aliphatic rings. The number of ether oxygens (including phenoxy) is 1. The number of aromatic nitrogens is 2. The van der Waals surface area contributed by atoms with E-state index in [1.807, 2.05) is 0 Å². The van der Waals surface area contributed by atoms with Gasteiger partial charge in [-0.05, 0) is 24.4 Å². The van der Waals surface area contributed by atoms with Crippen molar-refractivity contribution in [3.63, 3.8) is 0 Å². The first-order valence-corrected chi connectivity index (χ1v) is 6.20. The van der Waals surface area contributed by atoms with Crippen LogP contribution in [-0.4, -0.2) is 33.5 Å². The number of cyclic esters (lactones) is 1. The SMILES string of the molecule is O=C1C=C(N(Cc2cnc(Cl)nc2)C2CC2)CO1. The smallest absolute Gasteiger partial charge is 0.333 e. The van der Waals surface area contributed by atoms with E-state index in [9.17, 15) is 4.79 Å². The molecule has 0 amide bonds. The summed E-state index contributed by atoms with van der Waals surface area (Å²) in [5.74, 6) is -0.261. The van der Waals surface area contributed by atoms with Crippen molar-refractivity contribution in [1.29, 1.82) is 0 Å². The summed E-state index contributed by atoms with van der Waals surface area (Å²) < 4.78 is 4.96. The van der Waals surface area contributed by atoms with Gasteiger partial charge in [-0.25, -0.2) is 14.8 Å². The van der Waals surface area contributed by atoms with E-state index in [1.54, 1.807) is 18.5 Å². The van der Waals surface area contributed by atoms with Crippen molar-refractivity contribution in [2.75, 3.05) is 6.61 Å². The summed E-state index contributed by atoms with van der Waals surface area (Å²) in [4.78, 5) is 21.2. The molecule has 6 heteroatoms. The van der Waals surface area contributed by atoms with Gasteiger partial charge in [0.1, 0.15) is 6.61 Å². The van der Waals surface area contributed by atoms with Crippen molar-refractivity contribution in [3.05, 3.63) is 35.0 Å². The van der Waals surface area contributed by atoms with Crippen LogP contribution in [0.3, 0.4) is 0 Å². The molecule has 94 valence electrons. The summed E-state index contributed by atoms with van der Waals surface area (Å²) in [6.07, 6.45) is 7.29. The molecule has 0 bridgehead atoms. The van der Waals surface area contributed by atoms with Crippen molar-refractivity contribution < 1.29 is 9.53 Å². The Bertz CT molecular complexity index is 497. The van der Waals surface area contributed by atoms with Crippen LogP contribution in [0.15, 0.2) is 24.2 Å². The molecule has 0 atom stereocenters. The molecule has 1 aromatic rings. The Kier molecular flexibility index (Phi) is 2.91. The van der Waals surface area contributed by atoms with Gasteiger partial charge in [0, 0.05) is 36.6 Å². The molecule has 0 radical (unpaired) electrons. The Morgan fingerprint density at radius 2 is 2.11 bits per heavy atom. The lowest BCUT2D eigenvalue weighted by molar-refractivity contribution is -0.135. The lowest BCUT2D eigenvalue weighted by atomic mass is 10.2. The Morgan fingerprint density at radius 1 is 1.39 bits per heavy atom. The Balaban J connectivity index is 1.76. The second-order valence-corrected chi connectivity index (χ2v) is 4.80. The van der Waals surface area contributed by atoms with Gasteiger partial charge >= 0.3 is 5.97 Å². The second-order valence-electron chi connectivity index (χ2n) is 4.46. The highest BCUT2D eigenvalue weighted by atomic mass is 35.5. The molecule has 0 saturated heterocycles. The van der Waals surface area contributed by atoms with Gasteiger partial charge in [0.05, 0.1) is 5.70 Å². The molecule has 1 aliphatic carbocycles. The third-order valence-corrected chi connectivity index (χ3v) is 3.23. The molecule has 3 rings (SSSR count). The van der Waals surface area contributed by atoms with E-state index in [0.29, 0.717) is 19.2 Å². The van der Waals surface area contributed by atoms with Crippen LogP contribution in [0.2, 0.25) is 5.28 Å². The van der Waals surface area contributed by atoms with Crippen LogP contribution in [0.1, 0.15) is 18.4 Å². The number of carbonyl (C=O) groups is 1. The van der Waals surface area contributed by atoms with Crippen molar-refractivity contribution in [2.24, 2.45) is 0 Å². The monoisotopic (exact) mass is 265 g/mol. The first-order valence-electron chi connectivity index (χ1n) is 5.83. The average Bonchev–Trinajstić information content (AvgIpc) is 3.11. The van der Waals surface area contributed by atoms with Crippen LogP contribution in [0.25, 0.3) is 0 Å². The van der Waals surface area contributed by atoms with Gasteiger partial charge in [-0.3, -0.25) is 0 Å². The normalized spacial score (nSPS) is 18.5. The van der Waals surface area contributed by atoms with E-state index in [4.69, 9.17) is 16.3 Å². The maximum atomic E-state index is 11.1. The standard InChI is InChI=1S/C12H12ClN3O2/c13-12-14-4-8(5-15-12)6-16(9-1-2-9)10-3-11(17)18-7-10/h3-5,9H,1-2,6-7H2. The minimum Gasteiger partial charge on any atom is -0.456 e. The predicted octanol–water partition coefficient (Wildman–Crippen LogP) is 1.54. The topological polar surface area (TPSA) is 55.3 Å². The Hall–Kier alpha value is -1.62. The zero-order valence-electron chi connectivity index (χ0n) is 9.67. The van der Waals surface area contributed by atoms with Crippen molar-refractivity contribution >= 4 is 17.6 Å². The van der Waals surface area contributed by atoms with Gasteiger partial charge in [-0.1, -0.05) is 0 Å². The number of carbonyl (C=O) groups excluding carboxylic acids is 1. The molecule has 0 unspecified atom stereocenters. The molecule has 0 spiro atoms. The number of nitrogens with zero attached hydrogens (tertiary/aromatic N) is 3. The molecule has 5 nitrogen and oxygen atoms in total. The maximum Gasteiger partial charge on any atom is 0.333 e. The van der Waals surface area contributed by atoms with Gasteiger partial charge in [-0.2, -0.15) is 0 Å². The molecular weight excluding hydrogens is 254 g/mol. The quantitative estimate of drug-likeness (QED) is 0.610. The first kappa shape index (κ1) is 11.5. The molecule has 0 aromatic carbocycles. The van der Waals surface area contributed by atoms with E-state index < -0.39 is 0 Å². The minimum absolute atomic E-state index is 0.246. The molecule has 1 aromatic heterocycles. The van der Waals surface area contributed by atoms with E-state index in [2.05, 4.69) is 14.9 Å². The van der Waals surface area contributed by atoms with Gasteiger partial charge in [0.15, 0.2) is 0 Å². The summed E-state index contributed by atoms with van der Waals surface area (Å²) >= 11 is 5.66. The third-order valence-electron chi connectivity index (χ3n) is 3.03. The highest BCUT2D eigenvalue weighted by Gasteiger charge is 2.32. The molecular formula is C12H12ClN3O2. The van der Waals surface area contributed by atoms with Gasteiger partial charge in [-0.15, -0.1) is 0 Å². The van der Waals surface area contributed by atoms with Crippen molar-refractivity contribution in [2.45, 2.75) is 25.4 Å². The van der Waals surface area contributed by atoms with Crippen LogP contribution in [0.4, 0.5) is 0 Å². The second kappa shape index (κ2) is 4.57. The molecule has 2 heterocycles. The lowest BCUT2D eigenvalue weighted by Gasteiger charge is -2.24. The average molecular weight is 266 g/mol. The van der Waals surface area contributed by atoms with Crippen LogP contribution in [-0.2, 0) is 16.1 Å². The fourth-order valence-corrected chi connectivity index (χ4v) is 2.10. The number of halogens is 1. The molecule has 1 saturated carbocycles. The Labute approximate surface area is 109 Å². The predicted molar refractivity (Wildman–Crippen MR) is 64.6 cm³/mol. The first-order chi connectivity index (χ1) is 8.72. The molecule has 18 heavy (non-hydrogen) atoms. The maximum absolute atomic E-state index is 11.1. The highest BCUT2D eigenvalue weighted by Crippen LogP contribution is 2.32. The van der Waals surface area contributed by atoms with Gasteiger partial charge < -0.3 is 9.64 Å². The lowest BCUT2D eigenvalue weighted by Crippen LogP contribution is -2.25. The van der Waals surface area contributed by atoms with E-state index in [-0.39, 0.29) is 11.3 Å². The molecule has 1 aliphatic heterocycles. The zero-order valence-corrected chi connectivity index (χ0v) is 10.4. The Morgan fingerprint density at radius 3 is 2.67 bits per heavy atom. The summed E-state index contributed by atoms with van der Waals surface area (Å²) in [6.45, 7) is 1.05. The van der Waals surface area contributed by atoms with Gasteiger partial charge in [0.25, 0.3) is 0 Å². The van der Waals surface area contributed by atoms with Crippen molar-refractivity contribution in [3.8, 4) is 0 Å². The number of hydrogen-bond donors (Lipinski definition) is 0. The van der Waals surface area contributed by atoms with Crippen molar-refractivity contribution in [1.82, 2.24) is 14.9 Å².